The molecule has 1 rings (SSSR count). The van der Waals surface area contributed by atoms with Crippen LogP contribution in [0.1, 0.15) is 32.6 Å². The fourth-order valence-corrected chi connectivity index (χ4v) is 1.81. The molecule has 0 heterocycles. The number of alkyl halides is 2. The van der Waals surface area contributed by atoms with Gasteiger partial charge in [-0.3, -0.25) is 0 Å². The molecule has 1 aliphatic rings. The molecule has 1 aliphatic carbocycles. The summed E-state index contributed by atoms with van der Waals surface area (Å²) in [4.78, 5) is 0. The van der Waals surface area contributed by atoms with Gasteiger partial charge < -0.3 is 0 Å². The average Bonchev–Trinajstić information content (AvgIpc) is 1.78. The van der Waals surface area contributed by atoms with Crippen LogP contribution in [0.15, 0.2) is 0 Å². The molecule has 0 radical (unpaired) electrons. The number of rotatable bonds is 0. The zero-order valence-electron chi connectivity index (χ0n) is 5.66. The van der Waals surface area contributed by atoms with Crippen LogP contribution in [-0.4, -0.2) is 9.59 Å². The maximum absolute atomic E-state index is 13.0. The highest BCUT2D eigenvalue weighted by atomic mass is 127. The van der Waals surface area contributed by atoms with E-state index in [1.165, 1.54) is 0 Å². The number of hydrogen-bond donors (Lipinski definition) is 0. The Morgan fingerprint density at radius 2 is 1.89 bits per heavy atom. The van der Waals surface area contributed by atoms with Gasteiger partial charge in [-0.2, -0.15) is 0 Å². The predicted molar refractivity (Wildman–Crippen MR) is 45.8 cm³/mol. The Labute approximate surface area is 69.4 Å². The summed E-state index contributed by atoms with van der Waals surface area (Å²) in [6, 6.07) is 0. The highest BCUT2D eigenvalue weighted by Gasteiger charge is 2.28. The molecule has 0 nitrogen and oxygen atoms in total. The van der Waals surface area contributed by atoms with E-state index in [9.17, 15) is 4.39 Å². The topological polar surface area (TPSA) is 0 Å². The first-order valence-electron chi connectivity index (χ1n) is 3.43. The maximum Gasteiger partial charge on any atom is 0.108 e. The Bertz CT molecular complexity index is 91.1. The second kappa shape index (κ2) is 2.72. The minimum absolute atomic E-state index is 0.728. The van der Waals surface area contributed by atoms with E-state index in [2.05, 4.69) is 22.6 Å². The molecule has 0 saturated heterocycles. The summed E-state index contributed by atoms with van der Waals surface area (Å²) in [5.74, 6) is 0. The fraction of sp³-hybridized carbons (Fsp3) is 1.00. The lowest BCUT2D eigenvalue weighted by atomic mass is 9.88. The fourth-order valence-electron chi connectivity index (χ4n) is 1.18. The van der Waals surface area contributed by atoms with Crippen LogP contribution >= 0.6 is 22.6 Å². The van der Waals surface area contributed by atoms with Crippen molar-refractivity contribution in [3.63, 3.8) is 0 Å². The lowest BCUT2D eigenvalue weighted by Crippen LogP contribution is -2.25. The van der Waals surface area contributed by atoms with Crippen molar-refractivity contribution in [2.45, 2.75) is 42.2 Å². The molecule has 0 atom stereocenters. The minimum atomic E-state index is -0.846. The van der Waals surface area contributed by atoms with E-state index in [1.54, 1.807) is 6.92 Å². The summed E-state index contributed by atoms with van der Waals surface area (Å²) in [7, 11) is 0. The summed E-state index contributed by atoms with van der Waals surface area (Å²) in [6.45, 7) is 1.72. The molecule has 9 heavy (non-hydrogen) atoms. The molecule has 54 valence electrons. The summed E-state index contributed by atoms with van der Waals surface area (Å²) < 4.78 is 13.8. The van der Waals surface area contributed by atoms with Gasteiger partial charge >= 0.3 is 0 Å². The van der Waals surface area contributed by atoms with Gasteiger partial charge in [0, 0.05) is 3.92 Å². The molecular formula is C7H12FI. The largest absolute Gasteiger partial charge is 0.244 e. The standard InChI is InChI=1S/C7H12FI/c1-7(8)4-2-6(9)3-5-7/h6H,2-5H2,1H3. The highest BCUT2D eigenvalue weighted by Crippen LogP contribution is 2.34. The van der Waals surface area contributed by atoms with Gasteiger partial charge in [0.2, 0.25) is 0 Å². The van der Waals surface area contributed by atoms with Crippen LogP contribution < -0.4 is 0 Å². The Morgan fingerprint density at radius 1 is 1.44 bits per heavy atom. The summed E-state index contributed by atoms with van der Waals surface area (Å²) in [5, 5.41) is 0. The Morgan fingerprint density at radius 3 is 2.22 bits per heavy atom. The average molecular weight is 242 g/mol. The van der Waals surface area contributed by atoms with Crippen molar-refractivity contribution in [1.82, 2.24) is 0 Å². The molecule has 0 unspecified atom stereocenters. The molecular weight excluding hydrogens is 230 g/mol. The van der Waals surface area contributed by atoms with E-state index in [0.717, 1.165) is 29.6 Å². The minimum Gasteiger partial charge on any atom is -0.244 e. The third-order valence-electron chi connectivity index (χ3n) is 1.96. The Balaban J connectivity index is 2.35. The number of hydrogen-bond acceptors (Lipinski definition) is 0. The van der Waals surface area contributed by atoms with Gasteiger partial charge in [0.25, 0.3) is 0 Å². The van der Waals surface area contributed by atoms with Crippen molar-refractivity contribution in [3.8, 4) is 0 Å². The second-order valence-electron chi connectivity index (χ2n) is 3.09. The summed E-state index contributed by atoms with van der Waals surface area (Å²) in [6.07, 6.45) is 3.66. The third-order valence-corrected chi connectivity index (χ3v) is 3.20. The molecule has 2 heteroatoms. The van der Waals surface area contributed by atoms with E-state index in [4.69, 9.17) is 0 Å². The van der Waals surface area contributed by atoms with Crippen LogP contribution in [0.3, 0.4) is 0 Å². The molecule has 1 saturated carbocycles. The van der Waals surface area contributed by atoms with E-state index in [-0.39, 0.29) is 0 Å². The third kappa shape index (κ3) is 2.40. The van der Waals surface area contributed by atoms with Crippen LogP contribution in [0.25, 0.3) is 0 Å². The Kier molecular flexibility index (Phi) is 2.35. The SMILES string of the molecule is CC1(F)CCC(I)CC1. The van der Waals surface area contributed by atoms with Gasteiger partial charge in [0.05, 0.1) is 0 Å². The van der Waals surface area contributed by atoms with Crippen molar-refractivity contribution in [1.29, 1.82) is 0 Å². The van der Waals surface area contributed by atoms with Crippen molar-refractivity contribution >= 4 is 22.6 Å². The van der Waals surface area contributed by atoms with Gasteiger partial charge in [-0.25, -0.2) is 4.39 Å². The molecule has 0 N–H and O–H groups in total. The second-order valence-corrected chi connectivity index (χ2v) is 4.85. The normalized spacial score (nSPS) is 45.0. The van der Waals surface area contributed by atoms with Crippen LogP contribution in [0.4, 0.5) is 4.39 Å². The zero-order valence-corrected chi connectivity index (χ0v) is 7.82. The molecule has 0 spiro atoms. The monoisotopic (exact) mass is 242 g/mol. The van der Waals surface area contributed by atoms with Gasteiger partial charge in [0.15, 0.2) is 0 Å². The highest BCUT2D eigenvalue weighted by molar-refractivity contribution is 14.1. The number of halogens is 2. The first-order chi connectivity index (χ1) is 4.10. The van der Waals surface area contributed by atoms with E-state index >= 15 is 0 Å². The van der Waals surface area contributed by atoms with Crippen molar-refractivity contribution < 1.29 is 4.39 Å². The van der Waals surface area contributed by atoms with Crippen LogP contribution in [0, 0.1) is 0 Å². The molecule has 0 aromatic carbocycles. The van der Waals surface area contributed by atoms with Gasteiger partial charge in [0.1, 0.15) is 5.67 Å². The lowest BCUT2D eigenvalue weighted by Gasteiger charge is -2.27. The smallest absolute Gasteiger partial charge is 0.108 e. The summed E-state index contributed by atoms with van der Waals surface area (Å²) >= 11 is 2.41. The van der Waals surface area contributed by atoms with Gasteiger partial charge in [-0.1, -0.05) is 22.6 Å². The van der Waals surface area contributed by atoms with Crippen molar-refractivity contribution in [2.24, 2.45) is 0 Å². The van der Waals surface area contributed by atoms with E-state index in [0.29, 0.717) is 0 Å². The first kappa shape index (κ1) is 7.76. The van der Waals surface area contributed by atoms with E-state index < -0.39 is 5.67 Å². The first-order valence-corrected chi connectivity index (χ1v) is 4.68. The van der Waals surface area contributed by atoms with Crippen LogP contribution in [0.2, 0.25) is 0 Å². The molecule has 0 aliphatic heterocycles. The molecule has 0 aromatic rings. The lowest BCUT2D eigenvalue weighted by molar-refractivity contribution is 0.134. The van der Waals surface area contributed by atoms with Crippen molar-refractivity contribution in [3.05, 3.63) is 0 Å². The van der Waals surface area contributed by atoms with Gasteiger partial charge in [-0.15, -0.1) is 0 Å². The molecule has 0 bridgehead atoms. The maximum atomic E-state index is 13.0. The van der Waals surface area contributed by atoms with Gasteiger partial charge in [-0.05, 0) is 32.6 Å². The predicted octanol–water partition coefficient (Wildman–Crippen LogP) is 3.09. The molecule has 1 fully saturated rings. The Hall–Kier alpha value is 0.660. The summed E-state index contributed by atoms with van der Waals surface area (Å²) in [5.41, 5.74) is -0.846. The van der Waals surface area contributed by atoms with Crippen LogP contribution in [0.5, 0.6) is 0 Å². The zero-order chi connectivity index (χ0) is 6.91. The van der Waals surface area contributed by atoms with E-state index in [1.807, 2.05) is 0 Å². The van der Waals surface area contributed by atoms with Crippen LogP contribution in [-0.2, 0) is 0 Å². The quantitative estimate of drug-likeness (QED) is 0.452. The molecule has 0 aromatic heterocycles. The van der Waals surface area contributed by atoms with Crippen molar-refractivity contribution in [2.75, 3.05) is 0 Å². The molecule has 0 amide bonds.